The van der Waals surface area contributed by atoms with Crippen molar-refractivity contribution in [3.63, 3.8) is 0 Å². The molecule has 4 heterocycles. The molecule has 38 heavy (non-hydrogen) atoms. The number of hydrogen-bond acceptors (Lipinski definition) is 8. The number of thiazole rings is 1. The van der Waals surface area contributed by atoms with E-state index in [1.54, 1.807) is 31.2 Å². The van der Waals surface area contributed by atoms with Crippen molar-refractivity contribution in [1.82, 2.24) is 4.57 Å². The molecule has 0 radical (unpaired) electrons. The monoisotopic (exact) mass is 554 g/mol. The fourth-order valence-electron chi connectivity index (χ4n) is 4.83. The van der Waals surface area contributed by atoms with Crippen LogP contribution in [-0.2, 0) is 16.1 Å². The van der Waals surface area contributed by atoms with Gasteiger partial charge in [0.25, 0.3) is 5.56 Å². The average molecular weight is 555 g/mol. The Morgan fingerprint density at radius 3 is 2.87 bits per heavy atom. The van der Waals surface area contributed by atoms with Gasteiger partial charge < -0.3 is 18.6 Å². The molecule has 0 saturated heterocycles. The van der Waals surface area contributed by atoms with Crippen LogP contribution in [0.15, 0.2) is 68.8 Å². The minimum atomic E-state index is -1.24. The number of ether oxygens (including phenoxy) is 3. The maximum atomic E-state index is 13.6. The van der Waals surface area contributed by atoms with Gasteiger partial charge in [-0.2, -0.15) is 0 Å². The van der Waals surface area contributed by atoms with Crippen molar-refractivity contribution in [2.45, 2.75) is 25.3 Å². The Balaban J connectivity index is 1.37. The van der Waals surface area contributed by atoms with Gasteiger partial charge in [-0.3, -0.25) is 14.2 Å². The largest absolute Gasteiger partial charge is 0.486 e. The Hall–Kier alpha value is -3.89. The lowest BCUT2D eigenvalue weighted by Crippen LogP contribution is -2.58. The predicted molar refractivity (Wildman–Crippen MR) is 136 cm³/mol. The van der Waals surface area contributed by atoms with Crippen LogP contribution >= 0.6 is 22.9 Å². The minimum Gasteiger partial charge on any atom is -0.486 e. The summed E-state index contributed by atoms with van der Waals surface area (Å²) >= 11 is 6.98. The number of halogens is 2. The van der Waals surface area contributed by atoms with E-state index in [-0.39, 0.29) is 17.2 Å². The highest BCUT2D eigenvalue weighted by Gasteiger charge is 2.55. The number of esters is 1. The number of carbonyl (C=O) groups is 1. The summed E-state index contributed by atoms with van der Waals surface area (Å²) in [4.78, 5) is 31.7. The van der Waals surface area contributed by atoms with Crippen molar-refractivity contribution >= 4 is 35.0 Å². The van der Waals surface area contributed by atoms with Crippen molar-refractivity contribution in [2.24, 2.45) is 10.9 Å². The average Bonchev–Trinajstić information content (AvgIpc) is 3.46. The molecule has 8 nitrogen and oxygen atoms in total. The number of para-hydroxylation sites is 1. The standard InChI is InChI=1S/C27H20ClFN2O6S/c1-27-22(25(33)34-2)23(17-5-3-4-6-20(17)37-27)31-24(32)21(38-26(31)30-27)12-15-7-8-16(36-15)13-35-14-9-10-19(29)18(28)11-14/h3-12,22-23H,13H2,1-2H3/b21-12+/t22-,23-,27-/m1/s1. The molecule has 0 N–H and O–H groups in total. The molecule has 3 atom stereocenters. The van der Waals surface area contributed by atoms with Crippen LogP contribution in [0.3, 0.4) is 0 Å². The van der Waals surface area contributed by atoms with Crippen molar-refractivity contribution in [3.05, 3.63) is 102 Å². The van der Waals surface area contributed by atoms with Gasteiger partial charge in [-0.15, -0.1) is 0 Å². The number of aromatic nitrogens is 1. The Morgan fingerprint density at radius 1 is 1.26 bits per heavy atom. The number of fused-ring (bicyclic) bond motifs is 6. The van der Waals surface area contributed by atoms with Gasteiger partial charge in [0.1, 0.15) is 41.4 Å². The quantitative estimate of drug-likeness (QED) is 0.348. The van der Waals surface area contributed by atoms with Crippen LogP contribution in [0.2, 0.25) is 5.02 Å². The topological polar surface area (TPSA) is 92.3 Å². The summed E-state index contributed by atoms with van der Waals surface area (Å²) in [5, 5.41) is -0.0376. The molecule has 2 aromatic heterocycles. The molecule has 0 amide bonds. The molecule has 0 spiro atoms. The van der Waals surface area contributed by atoms with Crippen LogP contribution in [0.5, 0.6) is 11.5 Å². The molecule has 0 saturated carbocycles. The van der Waals surface area contributed by atoms with E-state index in [4.69, 9.17) is 35.2 Å². The number of methoxy groups -OCH3 is 1. The van der Waals surface area contributed by atoms with Gasteiger partial charge in [-0.1, -0.05) is 41.1 Å². The van der Waals surface area contributed by atoms with Gasteiger partial charge in [0.05, 0.1) is 22.7 Å². The van der Waals surface area contributed by atoms with Crippen LogP contribution in [0.25, 0.3) is 6.08 Å². The van der Waals surface area contributed by atoms with Crippen LogP contribution in [0.4, 0.5) is 4.39 Å². The van der Waals surface area contributed by atoms with Gasteiger partial charge in [0.2, 0.25) is 5.72 Å². The summed E-state index contributed by atoms with van der Waals surface area (Å²) < 4.78 is 38.0. The van der Waals surface area contributed by atoms with E-state index in [2.05, 4.69) is 0 Å². The molecule has 2 aliphatic rings. The van der Waals surface area contributed by atoms with Crippen LogP contribution in [0, 0.1) is 11.7 Å². The zero-order chi connectivity index (χ0) is 26.6. The van der Waals surface area contributed by atoms with Crippen molar-refractivity contribution in [3.8, 4) is 11.5 Å². The normalized spacial score (nSPS) is 21.6. The third kappa shape index (κ3) is 4.00. The Labute approximate surface area is 224 Å². The Morgan fingerprint density at radius 2 is 2.08 bits per heavy atom. The van der Waals surface area contributed by atoms with Crippen molar-refractivity contribution in [1.29, 1.82) is 0 Å². The van der Waals surface area contributed by atoms with Crippen LogP contribution < -0.4 is 24.4 Å². The molecule has 2 aliphatic heterocycles. The molecular weight excluding hydrogens is 535 g/mol. The summed E-state index contributed by atoms with van der Waals surface area (Å²) in [5.74, 6) is 0.0105. The van der Waals surface area contributed by atoms with Gasteiger partial charge in [-0.25, -0.2) is 9.38 Å². The minimum absolute atomic E-state index is 0.0376. The van der Waals surface area contributed by atoms with Gasteiger partial charge >= 0.3 is 5.97 Å². The Bertz CT molecular complexity index is 1760. The summed E-state index contributed by atoms with van der Waals surface area (Å²) in [6.45, 7) is 1.81. The van der Waals surface area contributed by atoms with E-state index in [1.165, 1.54) is 41.2 Å². The summed E-state index contributed by atoms with van der Waals surface area (Å²) in [5.41, 5.74) is -0.832. The number of rotatable bonds is 5. The first-order chi connectivity index (χ1) is 18.3. The van der Waals surface area contributed by atoms with Crippen LogP contribution in [0.1, 0.15) is 30.0 Å². The predicted octanol–water partition coefficient (Wildman–Crippen LogP) is 3.82. The van der Waals surface area contributed by atoms with E-state index in [0.717, 1.165) is 0 Å². The molecule has 2 aromatic carbocycles. The zero-order valence-electron chi connectivity index (χ0n) is 20.1. The summed E-state index contributed by atoms with van der Waals surface area (Å²) in [6.07, 6.45) is 1.62. The smallest absolute Gasteiger partial charge is 0.317 e. The highest BCUT2D eigenvalue weighted by Crippen LogP contribution is 2.47. The Kier molecular flexibility index (Phi) is 5.88. The maximum absolute atomic E-state index is 13.6. The third-order valence-corrected chi connectivity index (χ3v) is 7.84. The lowest BCUT2D eigenvalue weighted by molar-refractivity contribution is -0.158. The molecule has 11 heteroatoms. The molecule has 194 valence electrons. The first kappa shape index (κ1) is 24.4. The van der Waals surface area contributed by atoms with E-state index >= 15 is 0 Å². The molecule has 6 rings (SSSR count). The molecule has 4 aromatic rings. The third-order valence-electron chi connectivity index (χ3n) is 6.56. The first-order valence-corrected chi connectivity index (χ1v) is 12.8. The highest BCUT2D eigenvalue weighted by atomic mass is 35.5. The number of carbonyl (C=O) groups excluding carboxylic acids is 1. The van der Waals surface area contributed by atoms with Crippen molar-refractivity contribution in [2.75, 3.05) is 7.11 Å². The fraction of sp³-hybridized carbons (Fsp3) is 0.222. The molecule has 0 aliphatic carbocycles. The lowest BCUT2D eigenvalue weighted by Gasteiger charge is -2.44. The number of benzene rings is 2. The fourth-order valence-corrected chi connectivity index (χ4v) is 6.08. The van der Waals surface area contributed by atoms with Gasteiger partial charge in [-0.05, 0) is 37.3 Å². The number of furan rings is 1. The molecule has 0 fully saturated rings. The highest BCUT2D eigenvalue weighted by molar-refractivity contribution is 7.07. The summed E-state index contributed by atoms with van der Waals surface area (Å²) in [6, 6.07) is 14.2. The molecule has 0 unspecified atom stereocenters. The summed E-state index contributed by atoms with van der Waals surface area (Å²) in [7, 11) is 1.31. The zero-order valence-corrected chi connectivity index (χ0v) is 21.7. The maximum Gasteiger partial charge on any atom is 0.317 e. The van der Waals surface area contributed by atoms with E-state index in [9.17, 15) is 14.0 Å². The SMILES string of the molecule is COC(=O)[C@H]1[C@H]2c3ccccc3O[C@@]1(C)N=c1s/c(=C/c3ccc(COc4ccc(F)c(Cl)c4)o3)c(=O)n12. The first-order valence-electron chi connectivity index (χ1n) is 11.6. The van der Waals surface area contributed by atoms with Gasteiger partial charge in [0.15, 0.2) is 4.80 Å². The van der Waals surface area contributed by atoms with E-state index in [1.807, 2.05) is 18.2 Å². The number of nitrogens with zero attached hydrogens (tertiary/aromatic N) is 2. The second-order valence-electron chi connectivity index (χ2n) is 8.99. The molecular formula is C27H20ClFN2O6S. The van der Waals surface area contributed by atoms with Gasteiger partial charge in [0, 0.05) is 17.7 Å². The van der Waals surface area contributed by atoms with Crippen molar-refractivity contribution < 1.29 is 27.8 Å². The second-order valence-corrected chi connectivity index (χ2v) is 10.4. The molecule has 2 bridgehead atoms. The van der Waals surface area contributed by atoms with E-state index < -0.39 is 29.5 Å². The second kappa shape index (κ2) is 9.14. The van der Waals surface area contributed by atoms with Crippen LogP contribution in [-0.4, -0.2) is 23.4 Å². The lowest BCUT2D eigenvalue weighted by atomic mass is 9.81. The number of hydrogen-bond donors (Lipinski definition) is 0. The van der Waals surface area contributed by atoms with E-state index in [0.29, 0.717) is 37.9 Å².